The summed E-state index contributed by atoms with van der Waals surface area (Å²) in [5.41, 5.74) is 0.897. The van der Waals surface area contributed by atoms with E-state index in [0.717, 1.165) is 0 Å². The molecule has 11 heteroatoms. The maximum absolute atomic E-state index is 12.6. The SMILES string of the molecule is O=S(=O)(Cc1cn2ccc(-c3noc(C(F)(F)F)n3)cc2n1)c1ccccc1. The summed E-state index contributed by atoms with van der Waals surface area (Å²) in [6.07, 6.45) is -1.67. The largest absolute Gasteiger partial charge is 0.471 e. The number of fused-ring (bicyclic) bond motifs is 1. The quantitative estimate of drug-likeness (QED) is 0.514. The van der Waals surface area contributed by atoms with Crippen molar-refractivity contribution >= 4 is 15.5 Å². The average molecular weight is 408 g/mol. The van der Waals surface area contributed by atoms with Crippen molar-refractivity contribution in [1.29, 1.82) is 0 Å². The molecule has 1 aromatic carbocycles. The molecular weight excluding hydrogens is 397 g/mol. The Kier molecular flexibility index (Phi) is 4.18. The van der Waals surface area contributed by atoms with Crippen LogP contribution in [0.25, 0.3) is 17.0 Å². The van der Waals surface area contributed by atoms with E-state index in [9.17, 15) is 21.6 Å². The molecule has 0 bridgehead atoms. The average Bonchev–Trinajstić information content (AvgIpc) is 3.27. The molecule has 4 rings (SSSR count). The van der Waals surface area contributed by atoms with Crippen LogP contribution >= 0.6 is 0 Å². The van der Waals surface area contributed by atoms with Crippen LogP contribution in [0.15, 0.2) is 64.3 Å². The first-order valence-electron chi connectivity index (χ1n) is 7.89. The lowest BCUT2D eigenvalue weighted by Crippen LogP contribution is -2.04. The number of aromatic nitrogens is 4. The van der Waals surface area contributed by atoms with Crippen LogP contribution in [-0.2, 0) is 21.8 Å². The Balaban J connectivity index is 1.65. The molecule has 144 valence electrons. The number of nitrogens with zero attached hydrogens (tertiary/aromatic N) is 4. The molecule has 0 aliphatic heterocycles. The highest BCUT2D eigenvalue weighted by Crippen LogP contribution is 2.29. The summed E-state index contributed by atoms with van der Waals surface area (Å²) in [5, 5.41) is 3.33. The summed E-state index contributed by atoms with van der Waals surface area (Å²) in [5.74, 6) is -1.99. The molecule has 0 aliphatic rings. The Morgan fingerprint density at radius 2 is 1.82 bits per heavy atom. The van der Waals surface area contributed by atoms with Gasteiger partial charge in [-0.3, -0.25) is 0 Å². The fourth-order valence-electron chi connectivity index (χ4n) is 2.60. The molecule has 0 amide bonds. The minimum absolute atomic E-state index is 0.180. The van der Waals surface area contributed by atoms with Gasteiger partial charge >= 0.3 is 12.1 Å². The van der Waals surface area contributed by atoms with E-state index in [2.05, 4.69) is 19.6 Å². The van der Waals surface area contributed by atoms with E-state index >= 15 is 0 Å². The van der Waals surface area contributed by atoms with Gasteiger partial charge in [-0.05, 0) is 24.3 Å². The highest BCUT2D eigenvalue weighted by atomic mass is 32.2. The maximum atomic E-state index is 12.6. The van der Waals surface area contributed by atoms with Crippen molar-refractivity contribution in [3.63, 3.8) is 0 Å². The second-order valence-corrected chi connectivity index (χ2v) is 7.90. The van der Waals surface area contributed by atoms with Crippen molar-refractivity contribution in [2.24, 2.45) is 0 Å². The summed E-state index contributed by atoms with van der Waals surface area (Å²) >= 11 is 0. The van der Waals surface area contributed by atoms with Gasteiger partial charge in [0.2, 0.25) is 5.82 Å². The number of imidazole rings is 1. The molecule has 3 heterocycles. The second-order valence-electron chi connectivity index (χ2n) is 5.91. The van der Waals surface area contributed by atoms with Crippen LogP contribution in [0.5, 0.6) is 0 Å². The number of hydrogen-bond donors (Lipinski definition) is 0. The fourth-order valence-corrected chi connectivity index (χ4v) is 3.87. The predicted molar refractivity (Wildman–Crippen MR) is 90.8 cm³/mol. The van der Waals surface area contributed by atoms with Crippen molar-refractivity contribution in [2.75, 3.05) is 0 Å². The van der Waals surface area contributed by atoms with Gasteiger partial charge in [0.1, 0.15) is 5.65 Å². The Bertz CT molecular complexity index is 1250. The topological polar surface area (TPSA) is 90.4 Å². The van der Waals surface area contributed by atoms with Crippen molar-refractivity contribution in [3.8, 4) is 11.4 Å². The zero-order valence-corrected chi connectivity index (χ0v) is 14.8. The summed E-state index contributed by atoms with van der Waals surface area (Å²) in [6, 6.07) is 10.9. The third-order valence-electron chi connectivity index (χ3n) is 3.88. The molecule has 0 aliphatic carbocycles. The van der Waals surface area contributed by atoms with Crippen LogP contribution in [0.3, 0.4) is 0 Å². The molecular formula is C17H11F3N4O3S. The standard InChI is InChI=1S/C17H11F3N4O3S/c18-17(19,20)16-22-15(23-27-16)11-6-7-24-9-12(21-14(24)8-11)10-28(25,26)13-4-2-1-3-5-13/h1-9H,10H2. The highest BCUT2D eigenvalue weighted by molar-refractivity contribution is 7.90. The van der Waals surface area contributed by atoms with Gasteiger partial charge in [-0.2, -0.15) is 18.2 Å². The lowest BCUT2D eigenvalue weighted by molar-refractivity contribution is -0.159. The molecule has 28 heavy (non-hydrogen) atoms. The fraction of sp³-hybridized carbons (Fsp3) is 0.118. The lowest BCUT2D eigenvalue weighted by Gasteiger charge is -2.01. The summed E-state index contributed by atoms with van der Waals surface area (Å²) in [7, 11) is -3.58. The summed E-state index contributed by atoms with van der Waals surface area (Å²) in [4.78, 5) is 7.75. The third-order valence-corrected chi connectivity index (χ3v) is 5.54. The number of halogens is 3. The zero-order chi connectivity index (χ0) is 19.9. The molecule has 0 fully saturated rings. The van der Waals surface area contributed by atoms with Gasteiger partial charge in [-0.25, -0.2) is 13.4 Å². The van der Waals surface area contributed by atoms with Crippen molar-refractivity contribution in [3.05, 3.63) is 66.4 Å². The molecule has 0 unspecified atom stereocenters. The first-order chi connectivity index (χ1) is 13.2. The van der Waals surface area contributed by atoms with Gasteiger partial charge in [0.25, 0.3) is 0 Å². The van der Waals surface area contributed by atoms with E-state index < -0.39 is 21.9 Å². The van der Waals surface area contributed by atoms with Gasteiger partial charge in [0, 0.05) is 18.0 Å². The number of rotatable bonds is 4. The number of hydrogen-bond acceptors (Lipinski definition) is 6. The van der Waals surface area contributed by atoms with Gasteiger partial charge in [-0.1, -0.05) is 23.4 Å². The summed E-state index contributed by atoms with van der Waals surface area (Å²) < 4.78 is 68.5. The van der Waals surface area contributed by atoms with Crippen LogP contribution in [0, 0.1) is 0 Å². The van der Waals surface area contributed by atoms with Crippen LogP contribution < -0.4 is 0 Å². The molecule has 0 saturated heterocycles. The first kappa shape index (κ1) is 18.2. The Hall–Kier alpha value is -3.21. The van der Waals surface area contributed by atoms with Crippen molar-refractivity contribution in [1.82, 2.24) is 19.5 Å². The lowest BCUT2D eigenvalue weighted by atomic mass is 10.2. The molecule has 0 spiro atoms. The Morgan fingerprint density at radius 3 is 2.50 bits per heavy atom. The molecule has 0 atom stereocenters. The molecule has 0 radical (unpaired) electrons. The summed E-state index contributed by atoms with van der Waals surface area (Å²) in [6.45, 7) is 0. The maximum Gasteiger partial charge on any atom is 0.471 e. The highest BCUT2D eigenvalue weighted by Gasteiger charge is 2.38. The second kappa shape index (κ2) is 6.44. The predicted octanol–water partition coefficient (Wildman–Crippen LogP) is 3.38. The molecule has 0 saturated carbocycles. The number of benzene rings is 1. The van der Waals surface area contributed by atoms with Gasteiger partial charge in [-0.15, -0.1) is 0 Å². The number of sulfone groups is 1. The van der Waals surface area contributed by atoms with Gasteiger partial charge in [0.05, 0.1) is 16.3 Å². The van der Waals surface area contributed by atoms with E-state index in [0.29, 0.717) is 11.3 Å². The molecule has 3 aromatic heterocycles. The molecule has 0 N–H and O–H groups in total. The van der Waals surface area contributed by atoms with E-state index in [1.54, 1.807) is 22.6 Å². The van der Waals surface area contributed by atoms with Crippen LogP contribution in [-0.4, -0.2) is 27.9 Å². The van der Waals surface area contributed by atoms with E-state index in [4.69, 9.17) is 0 Å². The van der Waals surface area contributed by atoms with E-state index in [-0.39, 0.29) is 22.0 Å². The first-order valence-corrected chi connectivity index (χ1v) is 9.54. The van der Waals surface area contributed by atoms with Crippen LogP contribution in [0.4, 0.5) is 13.2 Å². The molecule has 4 aromatic rings. The van der Waals surface area contributed by atoms with Gasteiger partial charge in [0.15, 0.2) is 9.84 Å². The molecule has 7 nitrogen and oxygen atoms in total. The van der Waals surface area contributed by atoms with Crippen molar-refractivity contribution < 1.29 is 26.1 Å². The van der Waals surface area contributed by atoms with E-state index in [1.807, 2.05) is 0 Å². The van der Waals surface area contributed by atoms with Crippen LogP contribution in [0.1, 0.15) is 11.6 Å². The smallest absolute Gasteiger partial charge is 0.329 e. The Labute approximate surface area is 156 Å². The number of pyridine rings is 1. The van der Waals surface area contributed by atoms with Crippen LogP contribution in [0.2, 0.25) is 0 Å². The third kappa shape index (κ3) is 3.48. The normalized spacial score (nSPS) is 12.5. The van der Waals surface area contributed by atoms with Crippen molar-refractivity contribution in [2.45, 2.75) is 16.8 Å². The minimum Gasteiger partial charge on any atom is -0.329 e. The minimum atomic E-state index is -4.73. The monoisotopic (exact) mass is 408 g/mol. The Morgan fingerprint density at radius 1 is 1.07 bits per heavy atom. The zero-order valence-electron chi connectivity index (χ0n) is 14.0. The van der Waals surface area contributed by atoms with Gasteiger partial charge < -0.3 is 8.92 Å². The number of alkyl halides is 3. The van der Waals surface area contributed by atoms with E-state index in [1.165, 1.54) is 36.7 Å².